The minimum absolute atomic E-state index is 0.0204. The third-order valence-corrected chi connectivity index (χ3v) is 4.12. The van der Waals surface area contributed by atoms with E-state index in [1.807, 2.05) is 38.1 Å². The van der Waals surface area contributed by atoms with Crippen LogP contribution in [0.3, 0.4) is 0 Å². The highest BCUT2D eigenvalue weighted by Gasteiger charge is 2.15. The van der Waals surface area contributed by atoms with Crippen molar-refractivity contribution in [3.8, 4) is 17.0 Å². The first-order valence-electron chi connectivity index (χ1n) is 8.78. The molecule has 7 heteroatoms. The van der Waals surface area contributed by atoms with E-state index in [2.05, 4.69) is 25.6 Å². The second-order valence-corrected chi connectivity index (χ2v) is 6.56. The predicted molar refractivity (Wildman–Crippen MR) is 106 cm³/mol. The summed E-state index contributed by atoms with van der Waals surface area (Å²) in [6.45, 7) is 4.02. The van der Waals surface area contributed by atoms with Crippen molar-refractivity contribution in [1.29, 1.82) is 0 Å². The van der Waals surface area contributed by atoms with E-state index in [0.29, 0.717) is 23.1 Å². The minimum Gasteiger partial charge on any atom is -0.508 e. The molecule has 27 heavy (non-hydrogen) atoms. The average Bonchev–Trinajstić information content (AvgIpc) is 2.66. The molecule has 4 N–H and O–H groups in total. The van der Waals surface area contributed by atoms with Crippen LogP contribution in [0.25, 0.3) is 11.3 Å². The number of aliphatic hydroxyl groups is 1. The van der Waals surface area contributed by atoms with Gasteiger partial charge in [0.25, 0.3) is 0 Å². The van der Waals surface area contributed by atoms with Gasteiger partial charge in [0, 0.05) is 35.8 Å². The first-order chi connectivity index (χ1) is 13.0. The van der Waals surface area contributed by atoms with Gasteiger partial charge in [-0.3, -0.25) is 4.98 Å². The SMILES string of the molecule is CC(C)[C@@H](CO)Nc1nc(Nc2cccc(O)c2)cc(-c2cccnc2)n1. The highest BCUT2D eigenvalue weighted by molar-refractivity contribution is 5.67. The summed E-state index contributed by atoms with van der Waals surface area (Å²) in [6.07, 6.45) is 3.44. The summed E-state index contributed by atoms with van der Waals surface area (Å²) >= 11 is 0. The number of pyridine rings is 1. The standard InChI is InChI=1S/C20H23N5O2/c1-13(2)18(12-26)24-20-23-17(14-5-4-8-21-11-14)10-19(25-20)22-15-6-3-7-16(27)9-15/h3-11,13,18,26-27H,12H2,1-2H3,(H2,22,23,24,25)/t18-/m1/s1. The van der Waals surface area contributed by atoms with Crippen molar-refractivity contribution >= 4 is 17.5 Å². The maximum absolute atomic E-state index is 9.67. The molecule has 0 amide bonds. The Morgan fingerprint density at radius 3 is 2.59 bits per heavy atom. The van der Waals surface area contributed by atoms with Gasteiger partial charge in [-0.15, -0.1) is 0 Å². The van der Waals surface area contributed by atoms with Gasteiger partial charge in [0.15, 0.2) is 0 Å². The molecular weight excluding hydrogens is 342 g/mol. The zero-order chi connectivity index (χ0) is 19.2. The lowest BCUT2D eigenvalue weighted by atomic mass is 10.1. The second kappa shape index (κ2) is 8.46. The van der Waals surface area contributed by atoms with Crippen LogP contribution in [0.15, 0.2) is 54.9 Å². The highest BCUT2D eigenvalue weighted by Crippen LogP contribution is 2.25. The Labute approximate surface area is 158 Å². The molecule has 0 saturated heterocycles. The van der Waals surface area contributed by atoms with E-state index in [1.165, 1.54) is 0 Å². The quantitative estimate of drug-likeness (QED) is 0.509. The molecule has 0 unspecified atom stereocenters. The van der Waals surface area contributed by atoms with E-state index in [4.69, 9.17) is 0 Å². The molecule has 7 nitrogen and oxygen atoms in total. The van der Waals surface area contributed by atoms with Crippen molar-refractivity contribution in [3.63, 3.8) is 0 Å². The molecule has 0 fully saturated rings. The summed E-state index contributed by atoms with van der Waals surface area (Å²) in [5.41, 5.74) is 2.26. The Kier molecular flexibility index (Phi) is 5.83. The fraction of sp³-hybridized carbons (Fsp3) is 0.250. The van der Waals surface area contributed by atoms with Crippen LogP contribution in [0.5, 0.6) is 5.75 Å². The lowest BCUT2D eigenvalue weighted by molar-refractivity contribution is 0.248. The van der Waals surface area contributed by atoms with Crippen LogP contribution in [0.1, 0.15) is 13.8 Å². The van der Waals surface area contributed by atoms with Crippen LogP contribution in [0, 0.1) is 5.92 Å². The Bertz CT molecular complexity index is 887. The molecule has 0 aliphatic rings. The lowest BCUT2D eigenvalue weighted by Crippen LogP contribution is -2.30. The molecule has 3 aromatic rings. The van der Waals surface area contributed by atoms with E-state index in [-0.39, 0.29) is 24.3 Å². The largest absolute Gasteiger partial charge is 0.508 e. The summed E-state index contributed by atoms with van der Waals surface area (Å²) in [5, 5.41) is 25.7. The van der Waals surface area contributed by atoms with Gasteiger partial charge < -0.3 is 20.8 Å². The van der Waals surface area contributed by atoms with Gasteiger partial charge >= 0.3 is 0 Å². The number of benzene rings is 1. The van der Waals surface area contributed by atoms with Crippen molar-refractivity contribution < 1.29 is 10.2 Å². The number of aromatic hydroxyl groups is 1. The van der Waals surface area contributed by atoms with Gasteiger partial charge in [-0.25, -0.2) is 4.98 Å². The minimum atomic E-state index is -0.164. The van der Waals surface area contributed by atoms with Crippen LogP contribution in [-0.2, 0) is 0 Å². The van der Waals surface area contributed by atoms with E-state index < -0.39 is 0 Å². The molecule has 2 aromatic heterocycles. The molecule has 2 heterocycles. The first-order valence-corrected chi connectivity index (χ1v) is 8.78. The number of anilines is 3. The summed E-state index contributed by atoms with van der Waals surface area (Å²) in [5.74, 6) is 1.35. The van der Waals surface area contributed by atoms with E-state index >= 15 is 0 Å². The van der Waals surface area contributed by atoms with Gasteiger partial charge in [0.05, 0.1) is 18.3 Å². The Morgan fingerprint density at radius 2 is 1.93 bits per heavy atom. The summed E-state index contributed by atoms with van der Waals surface area (Å²) in [6, 6.07) is 12.2. The van der Waals surface area contributed by atoms with Crippen molar-refractivity contribution in [2.45, 2.75) is 19.9 Å². The Morgan fingerprint density at radius 1 is 1.07 bits per heavy atom. The summed E-state index contributed by atoms with van der Waals surface area (Å²) < 4.78 is 0. The zero-order valence-corrected chi connectivity index (χ0v) is 15.3. The molecule has 0 saturated carbocycles. The molecular formula is C20H23N5O2. The monoisotopic (exact) mass is 365 g/mol. The topological polar surface area (TPSA) is 103 Å². The number of phenolic OH excluding ortho intramolecular Hbond substituents is 1. The molecule has 0 bridgehead atoms. The van der Waals surface area contributed by atoms with E-state index in [0.717, 1.165) is 5.56 Å². The van der Waals surface area contributed by atoms with Crippen molar-refractivity contribution in [1.82, 2.24) is 15.0 Å². The van der Waals surface area contributed by atoms with Crippen molar-refractivity contribution in [3.05, 3.63) is 54.9 Å². The maximum atomic E-state index is 9.67. The Hall–Kier alpha value is -3.19. The lowest BCUT2D eigenvalue weighted by Gasteiger charge is -2.20. The van der Waals surface area contributed by atoms with Crippen molar-refractivity contribution in [2.75, 3.05) is 17.2 Å². The summed E-state index contributed by atoms with van der Waals surface area (Å²) in [7, 11) is 0. The molecule has 3 rings (SSSR count). The second-order valence-electron chi connectivity index (χ2n) is 6.56. The van der Waals surface area contributed by atoms with Gasteiger partial charge in [0.2, 0.25) is 5.95 Å². The predicted octanol–water partition coefficient (Wildman–Crippen LogP) is 3.42. The van der Waals surface area contributed by atoms with Crippen LogP contribution in [-0.4, -0.2) is 37.8 Å². The van der Waals surface area contributed by atoms with Gasteiger partial charge in [-0.05, 0) is 30.2 Å². The van der Waals surface area contributed by atoms with Gasteiger partial charge in [-0.2, -0.15) is 4.98 Å². The summed E-state index contributed by atoms with van der Waals surface area (Å²) in [4.78, 5) is 13.2. The van der Waals surface area contributed by atoms with Crippen molar-refractivity contribution in [2.24, 2.45) is 5.92 Å². The third kappa shape index (κ3) is 4.92. The number of hydrogen-bond acceptors (Lipinski definition) is 7. The molecule has 0 spiro atoms. The number of nitrogens with zero attached hydrogens (tertiary/aromatic N) is 3. The fourth-order valence-corrected chi connectivity index (χ4v) is 2.56. The number of phenols is 1. The number of hydrogen-bond donors (Lipinski definition) is 4. The van der Waals surface area contributed by atoms with Crippen LogP contribution in [0.2, 0.25) is 0 Å². The maximum Gasteiger partial charge on any atom is 0.225 e. The fourth-order valence-electron chi connectivity index (χ4n) is 2.56. The highest BCUT2D eigenvalue weighted by atomic mass is 16.3. The van der Waals surface area contributed by atoms with Crippen LogP contribution in [0.4, 0.5) is 17.5 Å². The number of nitrogens with one attached hydrogen (secondary N) is 2. The molecule has 0 aliphatic carbocycles. The van der Waals surface area contributed by atoms with E-state index in [1.54, 1.807) is 30.6 Å². The molecule has 0 radical (unpaired) electrons. The zero-order valence-electron chi connectivity index (χ0n) is 15.3. The third-order valence-electron chi connectivity index (χ3n) is 4.12. The normalized spacial score (nSPS) is 12.0. The Balaban J connectivity index is 1.97. The molecule has 1 atom stereocenters. The smallest absolute Gasteiger partial charge is 0.225 e. The molecule has 140 valence electrons. The van der Waals surface area contributed by atoms with Crippen LogP contribution >= 0.6 is 0 Å². The van der Waals surface area contributed by atoms with E-state index in [9.17, 15) is 10.2 Å². The van der Waals surface area contributed by atoms with Gasteiger partial charge in [0.1, 0.15) is 11.6 Å². The number of aromatic nitrogens is 3. The first kappa shape index (κ1) is 18.6. The molecule has 1 aromatic carbocycles. The van der Waals surface area contributed by atoms with Gasteiger partial charge in [-0.1, -0.05) is 19.9 Å². The molecule has 0 aliphatic heterocycles. The number of rotatable bonds is 7. The average molecular weight is 365 g/mol. The van der Waals surface area contributed by atoms with Crippen LogP contribution < -0.4 is 10.6 Å². The number of aliphatic hydroxyl groups excluding tert-OH is 1.